The molecule has 1 amide bonds. The second-order valence-corrected chi connectivity index (χ2v) is 3.45. The van der Waals surface area contributed by atoms with E-state index in [2.05, 4.69) is 25.5 Å². The lowest BCUT2D eigenvalue weighted by molar-refractivity contribution is 0.0946. The summed E-state index contributed by atoms with van der Waals surface area (Å²) in [4.78, 5) is 11.5. The van der Waals surface area contributed by atoms with E-state index in [4.69, 9.17) is 10.8 Å². The van der Waals surface area contributed by atoms with Crippen LogP contribution in [0.3, 0.4) is 0 Å². The van der Waals surface area contributed by atoms with Gasteiger partial charge in [-0.3, -0.25) is 4.79 Å². The van der Waals surface area contributed by atoms with Crippen molar-refractivity contribution >= 4 is 17.9 Å². The molecule has 0 bridgehead atoms. The fraction of sp³-hybridized carbons (Fsp3) is 0. The van der Waals surface area contributed by atoms with Gasteiger partial charge >= 0.3 is 0 Å². The number of aromatic nitrogens is 2. The van der Waals surface area contributed by atoms with Gasteiger partial charge in [0.2, 0.25) is 11.5 Å². The van der Waals surface area contributed by atoms with Gasteiger partial charge in [-0.15, -0.1) is 0 Å². The number of nitrogens with zero attached hydrogens (tertiary/aromatic N) is 3. The lowest BCUT2D eigenvalue weighted by atomic mass is 10.2. The molecule has 1 aromatic carbocycles. The topological polar surface area (TPSA) is 147 Å². The number of rotatable bonds is 3. The van der Waals surface area contributed by atoms with Crippen molar-refractivity contribution in [2.24, 2.45) is 5.10 Å². The number of anilines is 1. The number of hydrazone groups is 1. The molecule has 0 atom stereocenters. The van der Waals surface area contributed by atoms with E-state index in [0.717, 1.165) is 0 Å². The number of nitrogens with two attached hydrogens (primary N) is 1. The Kier molecular flexibility index (Phi) is 3.28. The Balaban J connectivity index is 2.02. The number of benzene rings is 1. The number of carbonyl (C=O) groups excluding carboxylic acids is 1. The maximum absolute atomic E-state index is 11.5. The minimum Gasteiger partial charge on any atom is -0.504 e. The highest BCUT2D eigenvalue weighted by molar-refractivity contribution is 5.96. The standard InChI is InChI=1S/C10H9N5O4/c11-9-8(14-19-15-9)10(18)13-12-4-5-1-2-6(16)7(17)3-5/h1-4,16-17H,(H2,11,15)(H,13,18)/b12-4-. The van der Waals surface area contributed by atoms with Crippen LogP contribution in [-0.4, -0.2) is 32.6 Å². The van der Waals surface area contributed by atoms with Crippen LogP contribution in [0.5, 0.6) is 11.5 Å². The van der Waals surface area contributed by atoms with E-state index in [9.17, 15) is 9.90 Å². The Morgan fingerprint density at radius 2 is 2.16 bits per heavy atom. The third-order valence-electron chi connectivity index (χ3n) is 2.11. The van der Waals surface area contributed by atoms with Gasteiger partial charge in [-0.25, -0.2) is 10.1 Å². The number of hydrogen-bond donors (Lipinski definition) is 4. The van der Waals surface area contributed by atoms with Crippen molar-refractivity contribution in [3.05, 3.63) is 29.5 Å². The molecule has 0 fully saturated rings. The average Bonchev–Trinajstić information content (AvgIpc) is 2.80. The largest absolute Gasteiger partial charge is 0.504 e. The zero-order chi connectivity index (χ0) is 13.8. The third kappa shape index (κ3) is 2.77. The van der Waals surface area contributed by atoms with Crippen molar-refractivity contribution in [1.29, 1.82) is 0 Å². The summed E-state index contributed by atoms with van der Waals surface area (Å²) in [6.07, 6.45) is 1.26. The molecule has 1 aromatic heterocycles. The van der Waals surface area contributed by atoms with E-state index in [1.807, 2.05) is 0 Å². The van der Waals surface area contributed by atoms with Crippen LogP contribution in [-0.2, 0) is 0 Å². The fourth-order valence-electron chi connectivity index (χ4n) is 1.19. The Bertz CT molecular complexity index is 637. The molecule has 0 unspecified atom stereocenters. The van der Waals surface area contributed by atoms with Gasteiger partial charge in [0.1, 0.15) is 0 Å². The molecule has 1 heterocycles. The number of nitrogen functional groups attached to an aromatic ring is 1. The molecule has 0 saturated heterocycles. The number of phenols is 2. The summed E-state index contributed by atoms with van der Waals surface area (Å²) in [6.45, 7) is 0. The van der Waals surface area contributed by atoms with Crippen LogP contribution in [0, 0.1) is 0 Å². The maximum Gasteiger partial charge on any atom is 0.297 e. The lowest BCUT2D eigenvalue weighted by Gasteiger charge is -1.98. The second-order valence-electron chi connectivity index (χ2n) is 3.45. The molecular weight excluding hydrogens is 254 g/mol. The Morgan fingerprint density at radius 3 is 2.79 bits per heavy atom. The van der Waals surface area contributed by atoms with Crippen molar-refractivity contribution in [3.8, 4) is 11.5 Å². The zero-order valence-corrected chi connectivity index (χ0v) is 9.44. The van der Waals surface area contributed by atoms with Gasteiger partial charge in [0.05, 0.1) is 6.21 Å². The number of phenolic OH excluding ortho intramolecular Hbond substituents is 2. The number of aromatic hydroxyl groups is 2. The van der Waals surface area contributed by atoms with Crippen LogP contribution in [0.15, 0.2) is 27.9 Å². The highest BCUT2D eigenvalue weighted by atomic mass is 16.6. The summed E-state index contributed by atoms with van der Waals surface area (Å²) in [6, 6.07) is 4.06. The summed E-state index contributed by atoms with van der Waals surface area (Å²) in [5.74, 6) is -1.36. The highest BCUT2D eigenvalue weighted by Gasteiger charge is 2.14. The molecule has 0 spiro atoms. The summed E-state index contributed by atoms with van der Waals surface area (Å²) >= 11 is 0. The van der Waals surface area contributed by atoms with Crippen molar-refractivity contribution in [3.63, 3.8) is 0 Å². The number of carbonyl (C=O) groups is 1. The Hall–Kier alpha value is -3.10. The quantitative estimate of drug-likeness (QED) is 0.341. The van der Waals surface area contributed by atoms with Crippen molar-refractivity contribution < 1.29 is 19.6 Å². The van der Waals surface area contributed by atoms with Gasteiger partial charge in [0.25, 0.3) is 5.91 Å². The van der Waals surface area contributed by atoms with Gasteiger partial charge in [0.15, 0.2) is 11.5 Å². The minimum absolute atomic E-state index is 0.144. The molecule has 2 rings (SSSR count). The van der Waals surface area contributed by atoms with Crippen molar-refractivity contribution in [2.45, 2.75) is 0 Å². The molecule has 2 aromatic rings. The van der Waals surface area contributed by atoms with Crippen molar-refractivity contribution in [2.75, 3.05) is 5.73 Å². The van der Waals surface area contributed by atoms with Crippen LogP contribution < -0.4 is 11.2 Å². The van der Waals surface area contributed by atoms with Gasteiger partial charge in [-0.1, -0.05) is 0 Å². The minimum atomic E-state index is -0.682. The highest BCUT2D eigenvalue weighted by Crippen LogP contribution is 2.23. The number of nitrogens with one attached hydrogen (secondary N) is 1. The first-order chi connectivity index (χ1) is 9.08. The van der Waals surface area contributed by atoms with Crippen LogP contribution in [0.25, 0.3) is 0 Å². The summed E-state index contributed by atoms with van der Waals surface area (Å²) in [7, 11) is 0. The third-order valence-corrected chi connectivity index (χ3v) is 2.11. The molecule has 0 radical (unpaired) electrons. The van der Waals surface area contributed by atoms with Crippen LogP contribution in [0.2, 0.25) is 0 Å². The first-order valence-electron chi connectivity index (χ1n) is 5.01. The number of amides is 1. The smallest absolute Gasteiger partial charge is 0.297 e. The molecule has 0 aliphatic heterocycles. The first-order valence-corrected chi connectivity index (χ1v) is 5.01. The predicted molar refractivity (Wildman–Crippen MR) is 63.5 cm³/mol. The fourth-order valence-corrected chi connectivity index (χ4v) is 1.19. The molecule has 0 aliphatic carbocycles. The van der Waals surface area contributed by atoms with E-state index < -0.39 is 5.91 Å². The van der Waals surface area contributed by atoms with Gasteiger partial charge < -0.3 is 15.9 Å². The Labute approximate surface area is 106 Å². The van der Waals surface area contributed by atoms with Crippen LogP contribution in [0.1, 0.15) is 16.1 Å². The summed E-state index contributed by atoms with van der Waals surface area (Å²) in [5, 5.41) is 28.5. The summed E-state index contributed by atoms with van der Waals surface area (Å²) < 4.78 is 4.26. The van der Waals surface area contributed by atoms with Crippen LogP contribution >= 0.6 is 0 Å². The van der Waals surface area contributed by atoms with Crippen LogP contribution in [0.4, 0.5) is 5.82 Å². The lowest BCUT2D eigenvalue weighted by Crippen LogP contribution is -2.19. The molecule has 0 saturated carbocycles. The molecule has 98 valence electrons. The van der Waals surface area contributed by atoms with E-state index in [1.54, 1.807) is 0 Å². The molecule has 5 N–H and O–H groups in total. The normalized spacial score (nSPS) is 10.7. The van der Waals surface area contributed by atoms with E-state index in [-0.39, 0.29) is 23.0 Å². The SMILES string of the molecule is Nc1nonc1C(=O)N/N=C\c1ccc(O)c(O)c1. The average molecular weight is 263 g/mol. The maximum atomic E-state index is 11.5. The molecule has 19 heavy (non-hydrogen) atoms. The van der Waals surface area contributed by atoms with Gasteiger partial charge in [-0.05, 0) is 34.1 Å². The molecule has 9 nitrogen and oxygen atoms in total. The van der Waals surface area contributed by atoms with E-state index >= 15 is 0 Å². The second kappa shape index (κ2) is 5.04. The Morgan fingerprint density at radius 1 is 1.37 bits per heavy atom. The predicted octanol–water partition coefficient (Wildman–Crippen LogP) is -0.173. The van der Waals surface area contributed by atoms with Gasteiger partial charge in [-0.2, -0.15) is 5.10 Å². The van der Waals surface area contributed by atoms with E-state index in [1.165, 1.54) is 24.4 Å². The van der Waals surface area contributed by atoms with Crippen molar-refractivity contribution in [1.82, 2.24) is 15.7 Å². The molecule has 0 aliphatic rings. The number of hydrogen-bond acceptors (Lipinski definition) is 8. The van der Waals surface area contributed by atoms with Gasteiger partial charge in [0, 0.05) is 0 Å². The van der Waals surface area contributed by atoms with E-state index in [0.29, 0.717) is 5.56 Å². The summed E-state index contributed by atoms with van der Waals surface area (Å²) in [5.41, 5.74) is 7.77. The molecule has 9 heteroatoms. The molecular formula is C10H9N5O4. The first kappa shape index (κ1) is 12.4. The zero-order valence-electron chi connectivity index (χ0n) is 9.44. The monoisotopic (exact) mass is 263 g/mol.